The highest BCUT2D eigenvalue weighted by Gasteiger charge is 2.58. The summed E-state index contributed by atoms with van der Waals surface area (Å²) >= 11 is 0. The number of nitriles is 1. The zero-order chi connectivity index (χ0) is 29.7. The normalized spacial score (nSPS) is 20.3. The fourth-order valence-electron chi connectivity index (χ4n) is 6.65. The third-order valence-electron chi connectivity index (χ3n) is 9.56. The molecule has 4 rings (SSSR count). The van der Waals surface area contributed by atoms with Gasteiger partial charge >= 0.3 is 6.09 Å². The number of carbonyl (C=O) groups excluding carboxylic acids is 1. The highest BCUT2D eigenvalue weighted by Crippen LogP contribution is 2.54. The van der Waals surface area contributed by atoms with Gasteiger partial charge in [-0.3, -0.25) is 4.90 Å². The summed E-state index contributed by atoms with van der Waals surface area (Å²) < 4.78 is 13.1. The molecule has 1 aliphatic rings. The molecule has 3 aromatic carbocycles. The summed E-state index contributed by atoms with van der Waals surface area (Å²) in [6, 6.07) is 33.3. The van der Waals surface area contributed by atoms with Gasteiger partial charge in [-0.2, -0.15) is 5.26 Å². The average Bonchev–Trinajstić information content (AvgIpc) is 3.20. The Hall–Kier alpha value is -3.40. The molecule has 1 fully saturated rings. The fourth-order valence-corrected chi connectivity index (χ4v) is 11.3. The minimum Gasteiger partial charge on any atom is -0.445 e. The lowest BCUT2D eigenvalue weighted by Gasteiger charge is -2.49. The molecule has 5 nitrogen and oxygen atoms in total. The molecule has 0 saturated heterocycles. The summed E-state index contributed by atoms with van der Waals surface area (Å²) in [7, 11) is -2.70. The lowest BCUT2D eigenvalue weighted by molar-refractivity contribution is -0.00546. The quantitative estimate of drug-likeness (QED) is 0.208. The number of hydrogen-bond donors (Lipinski definition) is 0. The number of rotatable bonds is 9. The van der Waals surface area contributed by atoms with Crippen molar-refractivity contribution in [3.63, 3.8) is 0 Å². The van der Waals surface area contributed by atoms with Gasteiger partial charge in [0.05, 0.1) is 6.07 Å². The number of nitrogens with zero attached hydrogens (tertiary/aromatic N) is 2. The maximum absolute atomic E-state index is 13.4. The van der Waals surface area contributed by atoms with Crippen LogP contribution in [0.25, 0.3) is 0 Å². The van der Waals surface area contributed by atoms with Gasteiger partial charge in [-0.25, -0.2) is 4.79 Å². The zero-order valence-corrected chi connectivity index (χ0v) is 26.4. The van der Waals surface area contributed by atoms with Gasteiger partial charge in [0, 0.05) is 12.1 Å². The van der Waals surface area contributed by atoms with Crippen LogP contribution in [0.15, 0.2) is 91.0 Å². The Kier molecular flexibility index (Phi) is 9.11. The van der Waals surface area contributed by atoms with Crippen molar-refractivity contribution < 1.29 is 14.0 Å². The Bertz CT molecular complexity index is 1290. The van der Waals surface area contributed by atoms with E-state index >= 15 is 0 Å². The standard InChI is InChI=1S/C35H44N2O3Si/c1-33(2,3)41(30-18-12-8-13-19-30,31-20-14-9-15-21-31)40-27-29-22-23-35(6,34(29,4)5)37(25-24-36)32(38)39-26-28-16-10-7-11-17-28/h7-21,29H,22-23,25-27H2,1-6H3/t29-,35-/m1/s1. The van der Waals surface area contributed by atoms with Crippen molar-refractivity contribution in [3.8, 4) is 6.07 Å². The van der Waals surface area contributed by atoms with E-state index in [0.29, 0.717) is 6.61 Å². The molecule has 0 aliphatic heterocycles. The van der Waals surface area contributed by atoms with Crippen LogP contribution >= 0.6 is 0 Å². The molecule has 1 saturated carbocycles. The van der Waals surface area contributed by atoms with Crippen LogP contribution in [-0.4, -0.2) is 38.0 Å². The van der Waals surface area contributed by atoms with Gasteiger partial charge in [-0.15, -0.1) is 0 Å². The Morgan fingerprint density at radius 3 is 1.93 bits per heavy atom. The first kappa shape index (κ1) is 30.6. The molecule has 0 heterocycles. The molecule has 2 atom stereocenters. The van der Waals surface area contributed by atoms with E-state index in [1.54, 1.807) is 4.90 Å². The van der Waals surface area contributed by atoms with Crippen LogP contribution in [0.5, 0.6) is 0 Å². The van der Waals surface area contributed by atoms with Crippen molar-refractivity contribution in [2.75, 3.05) is 13.2 Å². The summed E-state index contributed by atoms with van der Waals surface area (Å²) in [4.78, 5) is 15.1. The van der Waals surface area contributed by atoms with Crippen molar-refractivity contribution in [2.45, 2.75) is 71.6 Å². The van der Waals surface area contributed by atoms with E-state index in [9.17, 15) is 10.1 Å². The SMILES string of the molecule is CC1(C)[C@@H](CO[Si](c2ccccc2)(c2ccccc2)C(C)(C)C)CC[C@@]1(C)N(CC#N)C(=O)OCc1ccccc1. The minimum absolute atomic E-state index is 0.0180. The summed E-state index contributed by atoms with van der Waals surface area (Å²) in [6.07, 6.45) is 1.23. The second-order valence-electron chi connectivity index (χ2n) is 13.0. The van der Waals surface area contributed by atoms with Gasteiger partial charge in [0.25, 0.3) is 8.32 Å². The van der Waals surface area contributed by atoms with Crippen molar-refractivity contribution >= 4 is 24.8 Å². The van der Waals surface area contributed by atoms with Crippen molar-refractivity contribution in [1.82, 2.24) is 4.90 Å². The van der Waals surface area contributed by atoms with E-state index in [1.807, 2.05) is 30.3 Å². The van der Waals surface area contributed by atoms with Crippen molar-refractivity contribution in [1.29, 1.82) is 5.26 Å². The first-order valence-corrected chi connectivity index (χ1v) is 16.5. The predicted molar refractivity (Wildman–Crippen MR) is 167 cm³/mol. The minimum atomic E-state index is -2.70. The molecule has 3 aromatic rings. The second kappa shape index (κ2) is 12.2. The van der Waals surface area contributed by atoms with Gasteiger partial charge in [0.15, 0.2) is 0 Å². The van der Waals surface area contributed by atoms with Crippen LogP contribution in [0.3, 0.4) is 0 Å². The van der Waals surface area contributed by atoms with Crippen LogP contribution in [-0.2, 0) is 15.8 Å². The predicted octanol–water partition coefficient (Wildman–Crippen LogP) is 6.92. The summed E-state index contributed by atoms with van der Waals surface area (Å²) in [5, 5.41) is 12.1. The summed E-state index contributed by atoms with van der Waals surface area (Å²) in [5.41, 5.74) is 0.0435. The lowest BCUT2D eigenvalue weighted by atomic mass is 9.70. The molecule has 1 amide bonds. The second-order valence-corrected chi connectivity index (χ2v) is 17.3. The third-order valence-corrected chi connectivity index (χ3v) is 14.6. The first-order valence-electron chi connectivity index (χ1n) is 14.6. The van der Waals surface area contributed by atoms with Gasteiger partial charge in [0.2, 0.25) is 0 Å². The molecule has 0 aromatic heterocycles. The number of benzene rings is 3. The molecule has 216 valence electrons. The highest BCUT2D eigenvalue weighted by molar-refractivity contribution is 6.99. The average molecular weight is 569 g/mol. The molecule has 0 radical (unpaired) electrons. The van der Waals surface area contributed by atoms with Crippen LogP contribution < -0.4 is 10.4 Å². The number of carbonyl (C=O) groups is 1. The van der Waals surface area contributed by atoms with E-state index in [2.05, 4.69) is 108 Å². The van der Waals surface area contributed by atoms with Crippen molar-refractivity contribution in [3.05, 3.63) is 96.6 Å². The Labute approximate surface area is 247 Å². The number of hydrogen-bond acceptors (Lipinski definition) is 4. The Morgan fingerprint density at radius 2 is 1.44 bits per heavy atom. The molecular formula is C35H44N2O3Si. The fraction of sp³-hybridized carbons (Fsp3) is 0.429. The Morgan fingerprint density at radius 1 is 0.927 bits per heavy atom. The molecular weight excluding hydrogens is 524 g/mol. The first-order chi connectivity index (χ1) is 19.5. The van der Waals surface area contributed by atoms with Crippen LogP contribution in [0.4, 0.5) is 4.79 Å². The van der Waals surface area contributed by atoms with Gasteiger partial charge < -0.3 is 9.16 Å². The largest absolute Gasteiger partial charge is 0.445 e. The maximum atomic E-state index is 13.4. The molecule has 0 bridgehead atoms. The van der Waals surface area contributed by atoms with E-state index in [0.717, 1.165) is 18.4 Å². The smallest absolute Gasteiger partial charge is 0.411 e. The van der Waals surface area contributed by atoms with Gasteiger partial charge in [-0.05, 0) is 52.1 Å². The van der Waals surface area contributed by atoms with Crippen LogP contribution in [0.2, 0.25) is 5.04 Å². The molecule has 0 unspecified atom stereocenters. The van der Waals surface area contributed by atoms with E-state index in [-0.39, 0.29) is 29.5 Å². The van der Waals surface area contributed by atoms with Crippen LogP contribution in [0, 0.1) is 22.7 Å². The molecule has 0 N–H and O–H groups in total. The van der Waals surface area contributed by atoms with Gasteiger partial charge in [0.1, 0.15) is 13.2 Å². The molecule has 1 aliphatic carbocycles. The van der Waals surface area contributed by atoms with Crippen LogP contribution in [0.1, 0.15) is 59.9 Å². The molecule has 6 heteroatoms. The van der Waals surface area contributed by atoms with E-state index < -0.39 is 19.9 Å². The summed E-state index contributed by atoms with van der Waals surface area (Å²) in [6.45, 7) is 14.2. The van der Waals surface area contributed by atoms with E-state index in [1.165, 1.54) is 10.4 Å². The number of ether oxygens (including phenoxy) is 1. The molecule has 41 heavy (non-hydrogen) atoms. The van der Waals surface area contributed by atoms with Gasteiger partial charge in [-0.1, -0.05) is 126 Å². The van der Waals surface area contributed by atoms with Crippen molar-refractivity contribution in [2.24, 2.45) is 11.3 Å². The highest BCUT2D eigenvalue weighted by atomic mass is 28.4. The van der Waals surface area contributed by atoms with E-state index in [4.69, 9.17) is 9.16 Å². The zero-order valence-electron chi connectivity index (χ0n) is 25.4. The third kappa shape index (κ3) is 5.84. The number of amides is 1. The summed E-state index contributed by atoms with van der Waals surface area (Å²) in [5.74, 6) is 0.192. The Balaban J connectivity index is 1.62. The lowest BCUT2D eigenvalue weighted by Crippen LogP contribution is -2.67. The maximum Gasteiger partial charge on any atom is 0.411 e. The molecule has 0 spiro atoms. The monoisotopic (exact) mass is 568 g/mol. The topological polar surface area (TPSA) is 62.6 Å².